The summed E-state index contributed by atoms with van der Waals surface area (Å²) in [6, 6.07) is 4.17. The average molecular weight is 356 g/mol. The molecule has 0 radical (unpaired) electrons. The molecule has 1 atom stereocenters. The van der Waals surface area contributed by atoms with Gasteiger partial charge in [-0.15, -0.1) is 0 Å². The van der Waals surface area contributed by atoms with E-state index in [0.717, 1.165) is 39.7 Å². The first-order chi connectivity index (χ1) is 12.1. The molecular weight excluding hydrogens is 336 g/mol. The molecule has 3 aromatic rings. The van der Waals surface area contributed by atoms with Crippen molar-refractivity contribution < 1.29 is 4.79 Å². The summed E-state index contributed by atoms with van der Waals surface area (Å²) < 4.78 is 2.94. The van der Waals surface area contributed by atoms with E-state index in [4.69, 9.17) is 4.98 Å². The normalized spacial score (nSPS) is 17.2. The summed E-state index contributed by atoms with van der Waals surface area (Å²) >= 11 is 1.65. The van der Waals surface area contributed by atoms with E-state index in [1.54, 1.807) is 17.5 Å². The summed E-state index contributed by atoms with van der Waals surface area (Å²) in [4.78, 5) is 22.8. The maximum Gasteiger partial charge on any atom is 0.220 e. The Bertz CT molecular complexity index is 868. The molecule has 0 aromatic carbocycles. The molecule has 1 N–H and O–H groups in total. The Balaban J connectivity index is 1.65. The molecule has 8 heteroatoms. The number of nitrogens with one attached hydrogen (secondary N) is 1. The van der Waals surface area contributed by atoms with Gasteiger partial charge in [-0.05, 0) is 25.0 Å². The van der Waals surface area contributed by atoms with Crippen molar-refractivity contribution in [3.8, 4) is 0 Å². The number of fused-ring (bicyclic) bond motifs is 1. The van der Waals surface area contributed by atoms with E-state index >= 15 is 0 Å². The molecule has 4 rings (SSSR count). The van der Waals surface area contributed by atoms with Gasteiger partial charge in [-0.2, -0.15) is 5.10 Å². The highest BCUT2D eigenvalue weighted by atomic mass is 32.1. The van der Waals surface area contributed by atoms with Crippen LogP contribution >= 0.6 is 11.3 Å². The Morgan fingerprint density at radius 3 is 3.04 bits per heavy atom. The van der Waals surface area contributed by atoms with Crippen molar-refractivity contribution in [2.75, 3.05) is 11.4 Å². The fourth-order valence-corrected chi connectivity index (χ4v) is 4.25. The van der Waals surface area contributed by atoms with E-state index in [9.17, 15) is 4.79 Å². The van der Waals surface area contributed by atoms with Crippen molar-refractivity contribution in [1.82, 2.24) is 25.1 Å². The summed E-state index contributed by atoms with van der Waals surface area (Å²) in [7, 11) is 1.92. The van der Waals surface area contributed by atoms with Crippen molar-refractivity contribution >= 4 is 32.7 Å². The first-order valence-corrected chi connectivity index (χ1v) is 9.15. The Hall–Kier alpha value is -2.48. The first kappa shape index (κ1) is 16.0. The van der Waals surface area contributed by atoms with Crippen molar-refractivity contribution in [3.63, 3.8) is 0 Å². The number of carbonyl (C=O) groups is 1. The molecule has 1 fully saturated rings. The van der Waals surface area contributed by atoms with Gasteiger partial charge >= 0.3 is 0 Å². The van der Waals surface area contributed by atoms with E-state index < -0.39 is 0 Å². The van der Waals surface area contributed by atoms with Crippen LogP contribution in [0.15, 0.2) is 24.5 Å². The van der Waals surface area contributed by atoms with E-state index in [0.29, 0.717) is 13.0 Å². The van der Waals surface area contributed by atoms with Crippen LogP contribution < -0.4 is 10.2 Å². The summed E-state index contributed by atoms with van der Waals surface area (Å²) in [6.07, 6.45) is 5.13. The minimum Gasteiger partial charge on any atom is -0.352 e. The molecule has 0 spiro atoms. The zero-order chi connectivity index (χ0) is 17.4. The monoisotopic (exact) mass is 356 g/mol. The van der Waals surface area contributed by atoms with E-state index in [-0.39, 0.29) is 11.9 Å². The lowest BCUT2D eigenvalue weighted by atomic mass is 10.2. The van der Waals surface area contributed by atoms with Crippen molar-refractivity contribution in [2.45, 2.75) is 32.4 Å². The van der Waals surface area contributed by atoms with Gasteiger partial charge in [-0.25, -0.2) is 9.67 Å². The molecule has 0 saturated carbocycles. The number of anilines is 1. The fraction of sp³-hybridized carbons (Fsp3) is 0.412. The Labute approximate surface area is 149 Å². The van der Waals surface area contributed by atoms with Crippen molar-refractivity contribution in [2.24, 2.45) is 7.05 Å². The van der Waals surface area contributed by atoms with Crippen LogP contribution in [0.25, 0.3) is 10.3 Å². The SMILES string of the molecule is Cc1nn(C)c2nc(N(Cc3cccnc3)C[C@@H]3CCC(=O)N3)sc12. The molecule has 130 valence electrons. The van der Waals surface area contributed by atoms with Crippen LogP contribution in [0.1, 0.15) is 24.1 Å². The minimum atomic E-state index is 0.135. The third kappa shape index (κ3) is 3.21. The number of nitrogens with zero attached hydrogens (tertiary/aromatic N) is 5. The molecule has 1 amide bonds. The zero-order valence-corrected chi connectivity index (χ0v) is 15.1. The number of rotatable bonds is 5. The summed E-state index contributed by atoms with van der Waals surface area (Å²) in [5.74, 6) is 0.135. The predicted octanol–water partition coefficient (Wildman–Crippen LogP) is 2.02. The highest BCUT2D eigenvalue weighted by molar-refractivity contribution is 7.22. The van der Waals surface area contributed by atoms with Crippen LogP contribution in [0.5, 0.6) is 0 Å². The number of hydrogen-bond acceptors (Lipinski definition) is 6. The molecule has 1 aliphatic rings. The van der Waals surface area contributed by atoms with Gasteiger partial charge in [0.25, 0.3) is 0 Å². The second kappa shape index (κ2) is 6.44. The number of aryl methyl sites for hydroxylation is 2. The number of pyridine rings is 1. The van der Waals surface area contributed by atoms with Crippen LogP contribution in [-0.2, 0) is 18.4 Å². The standard InChI is InChI=1S/C17H20N6OS/c1-11-15-16(22(2)21-11)20-17(25-15)23(9-12-4-3-7-18-8-12)10-13-5-6-14(24)19-13/h3-4,7-8,13H,5-6,9-10H2,1-2H3,(H,19,24)/t13-/m0/s1. The van der Waals surface area contributed by atoms with Gasteiger partial charge in [0, 0.05) is 45.0 Å². The average Bonchev–Trinajstić information content (AvgIpc) is 3.27. The predicted molar refractivity (Wildman–Crippen MR) is 97.6 cm³/mol. The lowest BCUT2D eigenvalue weighted by molar-refractivity contribution is -0.119. The first-order valence-electron chi connectivity index (χ1n) is 8.33. The lowest BCUT2D eigenvalue weighted by Crippen LogP contribution is -2.38. The van der Waals surface area contributed by atoms with Gasteiger partial charge in [0.05, 0.1) is 10.4 Å². The minimum absolute atomic E-state index is 0.135. The topological polar surface area (TPSA) is 75.9 Å². The quantitative estimate of drug-likeness (QED) is 0.757. The number of thiazole rings is 1. The van der Waals surface area contributed by atoms with E-state index in [1.807, 2.05) is 30.9 Å². The molecule has 7 nitrogen and oxygen atoms in total. The largest absolute Gasteiger partial charge is 0.352 e. The zero-order valence-electron chi connectivity index (χ0n) is 14.3. The third-order valence-corrected chi connectivity index (χ3v) is 5.64. The maximum atomic E-state index is 11.6. The summed E-state index contributed by atoms with van der Waals surface area (Å²) in [5, 5.41) is 8.43. The molecule has 0 unspecified atom stereocenters. The number of hydrogen-bond donors (Lipinski definition) is 1. The van der Waals surface area contributed by atoms with Crippen LogP contribution in [0.4, 0.5) is 5.13 Å². The second-order valence-electron chi connectivity index (χ2n) is 6.40. The molecule has 0 bridgehead atoms. The molecule has 1 saturated heterocycles. The molecular formula is C17H20N6OS. The third-order valence-electron chi connectivity index (χ3n) is 4.43. The van der Waals surface area contributed by atoms with Gasteiger partial charge in [0.2, 0.25) is 5.91 Å². The molecule has 1 aliphatic heterocycles. The Morgan fingerprint density at radius 1 is 1.48 bits per heavy atom. The summed E-state index contributed by atoms with van der Waals surface area (Å²) in [6.45, 7) is 3.46. The highest BCUT2D eigenvalue weighted by Crippen LogP contribution is 2.32. The Kier molecular flexibility index (Phi) is 4.12. The van der Waals surface area contributed by atoms with Gasteiger partial charge in [0.15, 0.2) is 10.8 Å². The molecule has 0 aliphatic carbocycles. The van der Waals surface area contributed by atoms with Crippen LogP contribution in [0, 0.1) is 6.92 Å². The van der Waals surface area contributed by atoms with Gasteiger partial charge in [-0.1, -0.05) is 17.4 Å². The highest BCUT2D eigenvalue weighted by Gasteiger charge is 2.25. The maximum absolute atomic E-state index is 11.6. The molecule has 25 heavy (non-hydrogen) atoms. The second-order valence-corrected chi connectivity index (χ2v) is 7.38. The summed E-state index contributed by atoms with van der Waals surface area (Å²) in [5.41, 5.74) is 3.03. The van der Waals surface area contributed by atoms with E-state index in [1.165, 1.54) is 0 Å². The fourth-order valence-electron chi connectivity index (χ4n) is 3.21. The van der Waals surface area contributed by atoms with Crippen LogP contribution in [0.2, 0.25) is 0 Å². The Morgan fingerprint density at radius 2 is 2.36 bits per heavy atom. The smallest absolute Gasteiger partial charge is 0.220 e. The lowest BCUT2D eigenvalue weighted by Gasteiger charge is -2.25. The van der Waals surface area contributed by atoms with Gasteiger partial charge < -0.3 is 10.2 Å². The number of amides is 1. The number of aromatic nitrogens is 4. The molecule has 4 heterocycles. The van der Waals surface area contributed by atoms with Gasteiger partial charge in [0.1, 0.15) is 0 Å². The van der Waals surface area contributed by atoms with Crippen LogP contribution in [-0.4, -0.2) is 38.2 Å². The van der Waals surface area contributed by atoms with Crippen molar-refractivity contribution in [3.05, 3.63) is 35.8 Å². The van der Waals surface area contributed by atoms with E-state index in [2.05, 4.69) is 26.4 Å². The number of carbonyl (C=O) groups excluding carboxylic acids is 1. The van der Waals surface area contributed by atoms with Gasteiger partial charge in [-0.3, -0.25) is 9.78 Å². The van der Waals surface area contributed by atoms with Crippen LogP contribution in [0.3, 0.4) is 0 Å². The van der Waals surface area contributed by atoms with Crippen molar-refractivity contribution in [1.29, 1.82) is 0 Å². The molecule has 3 aromatic heterocycles.